The maximum atomic E-state index is 8.75. The van der Waals surface area contributed by atoms with Crippen molar-refractivity contribution in [1.82, 2.24) is 0 Å². The van der Waals surface area contributed by atoms with Crippen LogP contribution in [0.15, 0.2) is 23.4 Å². The first-order valence-corrected chi connectivity index (χ1v) is 6.00. The molecule has 2 rings (SSSR count). The third-order valence-corrected chi connectivity index (χ3v) is 3.02. The highest BCUT2D eigenvalue weighted by Gasteiger charge is 2.17. The Bertz CT molecular complexity index is 440. The quantitative estimate of drug-likeness (QED) is 0.367. The van der Waals surface area contributed by atoms with Gasteiger partial charge in [-0.05, 0) is 31.0 Å². The predicted octanol–water partition coefficient (Wildman–Crippen LogP) is 1.50. The lowest BCUT2D eigenvalue weighted by molar-refractivity contribution is 0.167. The van der Waals surface area contributed by atoms with E-state index in [1.807, 2.05) is 19.1 Å². The van der Waals surface area contributed by atoms with E-state index in [0.29, 0.717) is 23.8 Å². The van der Waals surface area contributed by atoms with Crippen molar-refractivity contribution in [2.24, 2.45) is 16.8 Å². The average Bonchev–Trinajstić information content (AvgIpc) is 2.88. The average molecular weight is 250 g/mol. The molecule has 1 aromatic rings. The zero-order chi connectivity index (χ0) is 13.0. The molecule has 0 radical (unpaired) electrons. The molecule has 1 fully saturated rings. The van der Waals surface area contributed by atoms with Crippen molar-refractivity contribution >= 4 is 5.84 Å². The Labute approximate surface area is 106 Å². The van der Waals surface area contributed by atoms with Crippen molar-refractivity contribution in [2.75, 3.05) is 19.8 Å². The first-order chi connectivity index (χ1) is 8.70. The summed E-state index contributed by atoms with van der Waals surface area (Å²) in [6.07, 6.45) is 1.02. The van der Waals surface area contributed by atoms with E-state index in [-0.39, 0.29) is 5.84 Å². The number of amidine groups is 1. The van der Waals surface area contributed by atoms with Gasteiger partial charge in [-0.2, -0.15) is 0 Å². The Morgan fingerprint density at radius 3 is 3.11 bits per heavy atom. The molecule has 0 aromatic heterocycles. The van der Waals surface area contributed by atoms with Crippen LogP contribution in [-0.2, 0) is 4.74 Å². The number of nitrogens with zero attached hydrogens (tertiary/aromatic N) is 1. The van der Waals surface area contributed by atoms with Gasteiger partial charge in [-0.1, -0.05) is 11.2 Å². The highest BCUT2D eigenvalue weighted by molar-refractivity contribution is 5.99. The molecular formula is C13H18N2O3. The summed E-state index contributed by atoms with van der Waals surface area (Å²) in [5.41, 5.74) is 7.31. The van der Waals surface area contributed by atoms with Crippen LogP contribution in [0.1, 0.15) is 17.5 Å². The minimum absolute atomic E-state index is 0.0627. The lowest BCUT2D eigenvalue weighted by Crippen LogP contribution is -2.17. The van der Waals surface area contributed by atoms with Crippen LogP contribution in [0.3, 0.4) is 0 Å². The Balaban J connectivity index is 2.11. The first-order valence-electron chi connectivity index (χ1n) is 6.00. The summed E-state index contributed by atoms with van der Waals surface area (Å²) in [4.78, 5) is 0. The molecule has 0 amide bonds. The zero-order valence-corrected chi connectivity index (χ0v) is 10.4. The summed E-state index contributed by atoms with van der Waals surface area (Å²) in [5.74, 6) is 1.13. The molecular weight excluding hydrogens is 232 g/mol. The molecule has 98 valence electrons. The topological polar surface area (TPSA) is 77.1 Å². The zero-order valence-electron chi connectivity index (χ0n) is 10.4. The normalized spacial score (nSPS) is 20.1. The summed E-state index contributed by atoms with van der Waals surface area (Å²) in [7, 11) is 0. The van der Waals surface area contributed by atoms with Crippen molar-refractivity contribution in [3.05, 3.63) is 29.3 Å². The highest BCUT2D eigenvalue weighted by atomic mass is 16.5. The fraction of sp³-hybridized carbons (Fsp3) is 0.462. The Morgan fingerprint density at radius 2 is 2.44 bits per heavy atom. The van der Waals surface area contributed by atoms with Crippen LogP contribution in [0.4, 0.5) is 0 Å². The molecule has 1 aliphatic heterocycles. The summed E-state index contributed by atoms with van der Waals surface area (Å²) in [5, 5.41) is 11.8. The number of aryl methyl sites for hydroxylation is 1. The van der Waals surface area contributed by atoms with Gasteiger partial charge in [0.15, 0.2) is 5.84 Å². The van der Waals surface area contributed by atoms with Crippen molar-refractivity contribution < 1.29 is 14.7 Å². The molecule has 3 N–H and O–H groups in total. The summed E-state index contributed by atoms with van der Waals surface area (Å²) >= 11 is 0. The molecule has 1 atom stereocenters. The van der Waals surface area contributed by atoms with Crippen LogP contribution in [-0.4, -0.2) is 30.9 Å². The third kappa shape index (κ3) is 2.92. The fourth-order valence-corrected chi connectivity index (χ4v) is 1.94. The van der Waals surface area contributed by atoms with Crippen molar-refractivity contribution in [1.29, 1.82) is 0 Å². The number of rotatable bonds is 4. The lowest BCUT2D eigenvalue weighted by Gasteiger charge is -2.14. The van der Waals surface area contributed by atoms with Gasteiger partial charge in [0.2, 0.25) is 0 Å². The summed E-state index contributed by atoms with van der Waals surface area (Å²) < 4.78 is 11.1. The predicted molar refractivity (Wildman–Crippen MR) is 68.1 cm³/mol. The molecule has 1 aliphatic rings. The van der Waals surface area contributed by atoms with E-state index in [1.54, 1.807) is 6.07 Å². The van der Waals surface area contributed by atoms with E-state index in [4.69, 9.17) is 20.4 Å². The van der Waals surface area contributed by atoms with Crippen molar-refractivity contribution in [3.63, 3.8) is 0 Å². The van der Waals surface area contributed by atoms with Gasteiger partial charge in [-0.3, -0.25) is 0 Å². The number of hydrogen-bond acceptors (Lipinski definition) is 4. The van der Waals surface area contributed by atoms with Crippen LogP contribution in [0.5, 0.6) is 5.75 Å². The van der Waals surface area contributed by atoms with E-state index in [1.165, 1.54) is 0 Å². The second-order valence-electron chi connectivity index (χ2n) is 4.53. The van der Waals surface area contributed by atoms with E-state index >= 15 is 0 Å². The largest absolute Gasteiger partial charge is 0.492 e. The van der Waals surface area contributed by atoms with Crippen LogP contribution in [0, 0.1) is 12.8 Å². The first kappa shape index (κ1) is 12.7. The van der Waals surface area contributed by atoms with E-state index < -0.39 is 0 Å². The maximum Gasteiger partial charge on any atom is 0.173 e. The molecule has 18 heavy (non-hydrogen) atoms. The second kappa shape index (κ2) is 5.73. The van der Waals surface area contributed by atoms with Gasteiger partial charge in [0, 0.05) is 12.5 Å². The van der Waals surface area contributed by atoms with E-state index in [0.717, 1.165) is 25.2 Å². The van der Waals surface area contributed by atoms with Gasteiger partial charge in [0.05, 0.1) is 18.8 Å². The third-order valence-electron chi connectivity index (χ3n) is 3.02. The van der Waals surface area contributed by atoms with Crippen LogP contribution in [0.25, 0.3) is 0 Å². The molecule has 1 aromatic carbocycles. The monoisotopic (exact) mass is 250 g/mol. The number of benzene rings is 1. The van der Waals surface area contributed by atoms with E-state index in [2.05, 4.69) is 5.16 Å². The molecule has 1 saturated heterocycles. The molecule has 5 nitrogen and oxygen atoms in total. The van der Waals surface area contributed by atoms with Crippen LogP contribution in [0.2, 0.25) is 0 Å². The minimum atomic E-state index is 0.0627. The molecule has 5 heteroatoms. The number of nitrogens with two attached hydrogens (primary N) is 1. The molecule has 1 heterocycles. The minimum Gasteiger partial charge on any atom is -0.492 e. The van der Waals surface area contributed by atoms with Gasteiger partial charge in [0.25, 0.3) is 0 Å². The van der Waals surface area contributed by atoms with E-state index in [9.17, 15) is 0 Å². The molecule has 0 aliphatic carbocycles. The number of ether oxygens (including phenoxy) is 2. The molecule has 1 unspecified atom stereocenters. The van der Waals surface area contributed by atoms with Gasteiger partial charge in [-0.15, -0.1) is 0 Å². The lowest BCUT2D eigenvalue weighted by atomic mass is 10.1. The Morgan fingerprint density at radius 1 is 1.61 bits per heavy atom. The number of oxime groups is 1. The number of hydrogen-bond donors (Lipinski definition) is 2. The van der Waals surface area contributed by atoms with Gasteiger partial charge in [-0.25, -0.2) is 0 Å². The van der Waals surface area contributed by atoms with Crippen LogP contribution < -0.4 is 10.5 Å². The van der Waals surface area contributed by atoms with Gasteiger partial charge in [0.1, 0.15) is 5.75 Å². The van der Waals surface area contributed by atoms with Gasteiger partial charge >= 0.3 is 0 Å². The molecule has 0 saturated carbocycles. The maximum absolute atomic E-state index is 8.75. The smallest absolute Gasteiger partial charge is 0.173 e. The highest BCUT2D eigenvalue weighted by Crippen LogP contribution is 2.22. The van der Waals surface area contributed by atoms with Crippen LogP contribution >= 0.6 is 0 Å². The SMILES string of the molecule is Cc1ccc(C(N)=NO)c(OCC2CCOC2)c1. The Kier molecular flexibility index (Phi) is 4.04. The second-order valence-corrected chi connectivity index (χ2v) is 4.53. The summed E-state index contributed by atoms with van der Waals surface area (Å²) in [6, 6.07) is 5.59. The standard InChI is InChI=1S/C13H18N2O3/c1-9-2-3-11(13(14)15-16)12(6-9)18-8-10-4-5-17-7-10/h2-3,6,10,16H,4-5,7-8H2,1H3,(H2,14,15). The molecule has 0 bridgehead atoms. The van der Waals surface area contributed by atoms with Crippen molar-refractivity contribution in [3.8, 4) is 5.75 Å². The molecule has 0 spiro atoms. The Hall–Kier alpha value is -1.75. The summed E-state index contributed by atoms with van der Waals surface area (Å²) in [6.45, 7) is 4.11. The van der Waals surface area contributed by atoms with Gasteiger partial charge < -0.3 is 20.4 Å². The van der Waals surface area contributed by atoms with Crippen molar-refractivity contribution in [2.45, 2.75) is 13.3 Å². The fourth-order valence-electron chi connectivity index (χ4n) is 1.94.